The molecule has 2 aromatic rings. The maximum atomic E-state index is 14.6. The Labute approximate surface area is 164 Å². The molecule has 3 rings (SSSR count). The number of rotatable bonds is 4. The van der Waals surface area contributed by atoms with Crippen molar-refractivity contribution in [1.82, 2.24) is 14.9 Å². The minimum atomic E-state index is -4.61. The molecule has 1 saturated heterocycles. The highest BCUT2D eigenvalue weighted by molar-refractivity contribution is 5.95. The van der Waals surface area contributed by atoms with E-state index in [0.29, 0.717) is 38.1 Å². The fourth-order valence-corrected chi connectivity index (χ4v) is 2.88. The smallest absolute Gasteiger partial charge is 0.378 e. The molecular weight excluding hydrogens is 394 g/mol. The number of morpholine rings is 1. The molecule has 1 aromatic heterocycles. The Kier molecular flexibility index (Phi) is 5.87. The van der Waals surface area contributed by atoms with Crippen LogP contribution in [0.15, 0.2) is 18.3 Å². The number of halogens is 4. The van der Waals surface area contributed by atoms with E-state index < -0.39 is 29.3 Å². The Hall–Kier alpha value is -2.95. The lowest BCUT2D eigenvalue weighted by molar-refractivity contribution is -0.137. The zero-order chi connectivity index (χ0) is 21.2. The number of carbonyl (C=O) groups excluding carboxylic acids is 1. The molecule has 1 aliphatic heterocycles. The van der Waals surface area contributed by atoms with Gasteiger partial charge in [0.25, 0.3) is 5.91 Å². The molecular formula is C18H19F4N5O2. The van der Waals surface area contributed by atoms with Gasteiger partial charge in [-0.05, 0) is 24.6 Å². The summed E-state index contributed by atoms with van der Waals surface area (Å²) in [5.74, 6) is -1.75. The SMILES string of the molecule is CNc1nc(Nc2cc(F)c(C(=O)N3CCOCC3)cc2C)ncc1C(F)(F)F. The average molecular weight is 413 g/mol. The van der Waals surface area contributed by atoms with E-state index in [1.807, 2.05) is 0 Å². The van der Waals surface area contributed by atoms with Crippen LogP contribution in [0.3, 0.4) is 0 Å². The van der Waals surface area contributed by atoms with Gasteiger partial charge in [-0.25, -0.2) is 9.37 Å². The summed E-state index contributed by atoms with van der Waals surface area (Å²) in [5.41, 5.74) is -0.348. The molecule has 2 N–H and O–H groups in total. The van der Waals surface area contributed by atoms with Crippen LogP contribution in [0.25, 0.3) is 0 Å². The van der Waals surface area contributed by atoms with E-state index in [-0.39, 0.29) is 17.2 Å². The van der Waals surface area contributed by atoms with Crippen molar-refractivity contribution < 1.29 is 27.1 Å². The lowest BCUT2D eigenvalue weighted by atomic mass is 10.1. The lowest BCUT2D eigenvalue weighted by Gasteiger charge is -2.27. The second-order valence-corrected chi connectivity index (χ2v) is 6.38. The van der Waals surface area contributed by atoms with Crippen molar-refractivity contribution in [2.24, 2.45) is 0 Å². The highest BCUT2D eigenvalue weighted by Crippen LogP contribution is 2.34. The summed E-state index contributed by atoms with van der Waals surface area (Å²) in [6, 6.07) is 2.49. The first-order chi connectivity index (χ1) is 13.7. The van der Waals surface area contributed by atoms with Crippen LogP contribution >= 0.6 is 0 Å². The molecule has 11 heteroatoms. The Balaban J connectivity index is 1.85. The van der Waals surface area contributed by atoms with Gasteiger partial charge in [0.2, 0.25) is 5.95 Å². The Morgan fingerprint density at radius 2 is 1.93 bits per heavy atom. The zero-order valence-electron chi connectivity index (χ0n) is 15.7. The second-order valence-electron chi connectivity index (χ2n) is 6.38. The van der Waals surface area contributed by atoms with E-state index in [2.05, 4.69) is 20.6 Å². The number of hydrogen-bond acceptors (Lipinski definition) is 6. The van der Waals surface area contributed by atoms with Crippen molar-refractivity contribution in [2.75, 3.05) is 44.0 Å². The standard InChI is InChI=1S/C18H19F4N5O2/c1-10-7-11(16(28)27-3-5-29-6-4-27)13(19)8-14(10)25-17-24-9-12(18(20,21)22)15(23-2)26-17/h7-9H,3-6H2,1-2H3,(H2,23,24,25,26). The van der Waals surface area contributed by atoms with Crippen molar-refractivity contribution in [1.29, 1.82) is 0 Å². The highest BCUT2D eigenvalue weighted by Gasteiger charge is 2.35. The topological polar surface area (TPSA) is 79.4 Å². The summed E-state index contributed by atoms with van der Waals surface area (Å²) >= 11 is 0. The Bertz CT molecular complexity index is 914. The predicted molar refractivity (Wildman–Crippen MR) is 97.7 cm³/mol. The number of amides is 1. The number of alkyl halides is 3. The van der Waals surface area contributed by atoms with Gasteiger partial charge < -0.3 is 20.3 Å². The van der Waals surface area contributed by atoms with E-state index in [1.54, 1.807) is 6.92 Å². The molecule has 2 heterocycles. The van der Waals surface area contributed by atoms with E-state index >= 15 is 0 Å². The van der Waals surface area contributed by atoms with Crippen molar-refractivity contribution >= 4 is 23.4 Å². The first-order valence-corrected chi connectivity index (χ1v) is 8.77. The van der Waals surface area contributed by atoms with Gasteiger partial charge in [0.1, 0.15) is 17.2 Å². The van der Waals surface area contributed by atoms with Gasteiger partial charge in [-0.1, -0.05) is 0 Å². The average Bonchev–Trinajstić information content (AvgIpc) is 2.69. The summed E-state index contributed by atoms with van der Waals surface area (Å²) in [6.45, 7) is 3.18. The number of anilines is 3. The Morgan fingerprint density at radius 1 is 1.24 bits per heavy atom. The molecule has 0 atom stereocenters. The number of nitrogens with zero attached hydrogens (tertiary/aromatic N) is 3. The van der Waals surface area contributed by atoms with Crippen molar-refractivity contribution in [3.05, 3.63) is 40.8 Å². The minimum Gasteiger partial charge on any atom is -0.378 e. The summed E-state index contributed by atoms with van der Waals surface area (Å²) < 4.78 is 58.6. The van der Waals surface area contributed by atoms with Crippen LogP contribution in [0.1, 0.15) is 21.5 Å². The van der Waals surface area contributed by atoms with Crippen LogP contribution in [-0.4, -0.2) is 54.1 Å². The number of aromatic nitrogens is 2. The van der Waals surface area contributed by atoms with Gasteiger partial charge in [-0.3, -0.25) is 4.79 Å². The monoisotopic (exact) mass is 413 g/mol. The Morgan fingerprint density at radius 3 is 2.55 bits per heavy atom. The van der Waals surface area contributed by atoms with Crippen LogP contribution in [0.5, 0.6) is 0 Å². The van der Waals surface area contributed by atoms with Gasteiger partial charge in [0, 0.05) is 32.0 Å². The summed E-state index contributed by atoms with van der Waals surface area (Å²) in [6.07, 6.45) is -3.97. The maximum Gasteiger partial charge on any atom is 0.421 e. The summed E-state index contributed by atoms with van der Waals surface area (Å²) in [4.78, 5) is 21.5. The van der Waals surface area contributed by atoms with Crippen LogP contribution < -0.4 is 10.6 Å². The van der Waals surface area contributed by atoms with E-state index in [9.17, 15) is 22.4 Å². The zero-order valence-corrected chi connectivity index (χ0v) is 15.7. The van der Waals surface area contributed by atoms with Crippen LogP contribution in [0.4, 0.5) is 35.0 Å². The van der Waals surface area contributed by atoms with Crippen molar-refractivity contribution in [2.45, 2.75) is 13.1 Å². The number of benzene rings is 1. The van der Waals surface area contributed by atoms with Crippen molar-refractivity contribution in [3.63, 3.8) is 0 Å². The van der Waals surface area contributed by atoms with Crippen LogP contribution in [0, 0.1) is 12.7 Å². The molecule has 1 amide bonds. The minimum absolute atomic E-state index is 0.0841. The molecule has 0 bridgehead atoms. The molecule has 29 heavy (non-hydrogen) atoms. The number of ether oxygens (including phenoxy) is 1. The van der Waals surface area contributed by atoms with Crippen LogP contribution in [0.2, 0.25) is 0 Å². The molecule has 0 radical (unpaired) electrons. The van der Waals surface area contributed by atoms with Gasteiger partial charge in [-0.15, -0.1) is 0 Å². The summed E-state index contributed by atoms with van der Waals surface area (Å²) in [5, 5.41) is 5.07. The molecule has 1 aromatic carbocycles. The number of nitrogens with one attached hydrogen (secondary N) is 2. The number of aryl methyl sites for hydroxylation is 1. The van der Waals surface area contributed by atoms with E-state index in [1.165, 1.54) is 18.0 Å². The summed E-state index contributed by atoms with van der Waals surface area (Å²) in [7, 11) is 1.30. The second kappa shape index (κ2) is 8.19. The van der Waals surface area contributed by atoms with E-state index in [0.717, 1.165) is 6.07 Å². The number of hydrogen-bond donors (Lipinski definition) is 2. The van der Waals surface area contributed by atoms with E-state index in [4.69, 9.17) is 4.74 Å². The van der Waals surface area contributed by atoms with Gasteiger partial charge in [0.15, 0.2) is 0 Å². The molecule has 0 spiro atoms. The van der Waals surface area contributed by atoms with Gasteiger partial charge >= 0.3 is 6.18 Å². The lowest BCUT2D eigenvalue weighted by Crippen LogP contribution is -2.41. The third kappa shape index (κ3) is 4.56. The van der Waals surface area contributed by atoms with Gasteiger partial charge in [-0.2, -0.15) is 18.2 Å². The van der Waals surface area contributed by atoms with Crippen molar-refractivity contribution in [3.8, 4) is 0 Å². The molecule has 1 fully saturated rings. The predicted octanol–water partition coefficient (Wildman–Crippen LogP) is 3.20. The quantitative estimate of drug-likeness (QED) is 0.750. The highest BCUT2D eigenvalue weighted by atomic mass is 19.4. The molecule has 156 valence electrons. The normalized spacial score (nSPS) is 14.6. The molecule has 1 aliphatic rings. The molecule has 0 unspecified atom stereocenters. The maximum absolute atomic E-state index is 14.6. The number of carbonyl (C=O) groups is 1. The third-order valence-corrected chi connectivity index (χ3v) is 4.42. The largest absolute Gasteiger partial charge is 0.421 e. The van der Waals surface area contributed by atoms with Gasteiger partial charge in [0.05, 0.1) is 18.8 Å². The first-order valence-electron chi connectivity index (χ1n) is 8.77. The molecule has 7 nitrogen and oxygen atoms in total. The fourth-order valence-electron chi connectivity index (χ4n) is 2.88. The third-order valence-electron chi connectivity index (χ3n) is 4.42. The fraction of sp³-hybridized carbons (Fsp3) is 0.389. The molecule has 0 saturated carbocycles. The molecule has 0 aliphatic carbocycles. The van der Waals surface area contributed by atoms with Crippen LogP contribution in [-0.2, 0) is 10.9 Å². The first kappa shape index (κ1) is 20.8.